The van der Waals surface area contributed by atoms with E-state index in [0.717, 1.165) is 37.1 Å². The van der Waals surface area contributed by atoms with Gasteiger partial charge in [0, 0.05) is 42.3 Å². The van der Waals surface area contributed by atoms with Gasteiger partial charge in [0.1, 0.15) is 5.82 Å². The number of sulfonamides is 1. The van der Waals surface area contributed by atoms with Gasteiger partial charge in [-0.05, 0) is 32.1 Å². The molecule has 1 saturated carbocycles. The first-order valence-corrected chi connectivity index (χ1v) is 12.4. The molecule has 0 atom stereocenters. The van der Waals surface area contributed by atoms with Gasteiger partial charge in [0.25, 0.3) is 0 Å². The van der Waals surface area contributed by atoms with Crippen molar-refractivity contribution in [1.82, 2.24) is 14.3 Å². The molecule has 0 radical (unpaired) electrons. The summed E-state index contributed by atoms with van der Waals surface area (Å²) in [5, 5.41) is 3.37. The van der Waals surface area contributed by atoms with Gasteiger partial charge in [0.05, 0.1) is 6.26 Å². The first-order valence-electron chi connectivity index (χ1n) is 10.6. The third kappa shape index (κ3) is 4.12. The Morgan fingerprint density at radius 1 is 1.14 bits per heavy atom. The lowest BCUT2D eigenvalue weighted by Gasteiger charge is -2.40. The molecule has 2 aliphatic heterocycles. The summed E-state index contributed by atoms with van der Waals surface area (Å²) in [6.07, 6.45) is 9.54. The van der Waals surface area contributed by atoms with Crippen molar-refractivity contribution in [3.8, 4) is 0 Å². The van der Waals surface area contributed by atoms with Crippen LogP contribution >= 0.6 is 0 Å². The highest BCUT2D eigenvalue weighted by Gasteiger charge is 2.43. The van der Waals surface area contributed by atoms with Crippen molar-refractivity contribution in [2.45, 2.75) is 70.9 Å². The maximum Gasteiger partial charge on any atom is 0.234 e. The second kappa shape index (κ2) is 7.50. The smallest absolute Gasteiger partial charge is 0.234 e. The number of anilines is 2. The summed E-state index contributed by atoms with van der Waals surface area (Å²) in [6.45, 7) is 5.01. The average Bonchev–Trinajstić information content (AvgIpc) is 3.17. The second-order valence-corrected chi connectivity index (χ2v) is 11.3. The van der Waals surface area contributed by atoms with Gasteiger partial charge in [-0.25, -0.2) is 17.7 Å². The lowest BCUT2D eigenvalue weighted by Crippen LogP contribution is -2.51. The largest absolute Gasteiger partial charge is 0.351 e. The Balaban J connectivity index is 1.54. The molecular formula is C20H31N5O3S. The predicted octanol–water partition coefficient (Wildman–Crippen LogP) is 2.17. The molecule has 0 spiro atoms. The van der Waals surface area contributed by atoms with Gasteiger partial charge < -0.3 is 5.32 Å². The number of piperidine rings is 1. The minimum absolute atomic E-state index is 0.127. The Bertz CT molecular complexity index is 887. The highest BCUT2D eigenvalue weighted by molar-refractivity contribution is 7.88. The van der Waals surface area contributed by atoms with Crippen molar-refractivity contribution >= 4 is 27.7 Å². The van der Waals surface area contributed by atoms with Gasteiger partial charge in [-0.2, -0.15) is 4.98 Å². The summed E-state index contributed by atoms with van der Waals surface area (Å²) in [4.78, 5) is 24.4. The third-order valence-corrected chi connectivity index (χ3v) is 7.75. The van der Waals surface area contributed by atoms with Gasteiger partial charge in [0.15, 0.2) is 0 Å². The normalized spacial score (nSPS) is 24.0. The molecule has 1 aromatic rings. The maximum atomic E-state index is 13.2. The molecule has 1 N–H and O–H groups in total. The number of aromatic nitrogens is 2. The van der Waals surface area contributed by atoms with Crippen LogP contribution in [0.15, 0.2) is 6.20 Å². The zero-order chi connectivity index (χ0) is 20.8. The molecule has 1 aliphatic carbocycles. The molecule has 2 fully saturated rings. The standard InChI is InChI=1S/C20H31N5O3S/c1-20(2)12-14-13-21-19(22-15-8-10-24(11-9-15)29(3,27)28)23-17(14)25(18(20)26)16-6-4-5-7-16/h13,15-16H,4-12H2,1-3H3,(H,21,22,23). The van der Waals surface area contributed by atoms with Crippen LogP contribution in [0.5, 0.6) is 0 Å². The summed E-state index contributed by atoms with van der Waals surface area (Å²) >= 11 is 0. The molecule has 29 heavy (non-hydrogen) atoms. The molecule has 9 heteroatoms. The molecule has 3 heterocycles. The minimum Gasteiger partial charge on any atom is -0.351 e. The van der Waals surface area contributed by atoms with E-state index in [-0.39, 0.29) is 18.0 Å². The molecule has 8 nitrogen and oxygen atoms in total. The highest BCUT2D eigenvalue weighted by Crippen LogP contribution is 2.40. The van der Waals surface area contributed by atoms with E-state index in [2.05, 4.69) is 10.3 Å². The average molecular weight is 422 g/mol. The van der Waals surface area contributed by atoms with Gasteiger partial charge in [-0.3, -0.25) is 9.69 Å². The zero-order valence-corrected chi connectivity index (χ0v) is 18.3. The van der Waals surface area contributed by atoms with Gasteiger partial charge in [0.2, 0.25) is 21.9 Å². The Hall–Kier alpha value is -1.74. The molecule has 1 aromatic heterocycles. The van der Waals surface area contributed by atoms with Crippen molar-refractivity contribution in [3.05, 3.63) is 11.8 Å². The topological polar surface area (TPSA) is 95.5 Å². The molecule has 1 saturated heterocycles. The fourth-order valence-electron chi connectivity index (χ4n) is 4.79. The third-order valence-electron chi connectivity index (χ3n) is 6.45. The van der Waals surface area contributed by atoms with Crippen LogP contribution in [-0.2, 0) is 21.2 Å². The molecule has 0 unspecified atom stereocenters. The Labute approximate surface area is 173 Å². The van der Waals surface area contributed by atoms with Crippen LogP contribution < -0.4 is 10.2 Å². The Morgan fingerprint density at radius 3 is 2.41 bits per heavy atom. The molecule has 0 bridgehead atoms. The van der Waals surface area contributed by atoms with E-state index < -0.39 is 15.4 Å². The second-order valence-electron chi connectivity index (χ2n) is 9.30. The number of carbonyl (C=O) groups excluding carboxylic acids is 1. The summed E-state index contributed by atoms with van der Waals surface area (Å²) < 4.78 is 24.9. The first-order chi connectivity index (χ1) is 13.6. The van der Waals surface area contributed by atoms with E-state index >= 15 is 0 Å². The van der Waals surface area contributed by atoms with Crippen LogP contribution in [0.4, 0.5) is 11.8 Å². The lowest BCUT2D eigenvalue weighted by molar-refractivity contribution is -0.127. The summed E-state index contributed by atoms with van der Waals surface area (Å²) in [5.41, 5.74) is 0.589. The van der Waals surface area contributed by atoms with Crippen LogP contribution in [0, 0.1) is 5.41 Å². The number of amides is 1. The van der Waals surface area contributed by atoms with Gasteiger partial charge in [-0.15, -0.1) is 0 Å². The Morgan fingerprint density at radius 2 is 1.79 bits per heavy atom. The van der Waals surface area contributed by atoms with E-state index in [9.17, 15) is 13.2 Å². The number of nitrogens with one attached hydrogen (secondary N) is 1. The van der Waals surface area contributed by atoms with E-state index in [1.165, 1.54) is 10.6 Å². The number of fused-ring (bicyclic) bond motifs is 1. The van der Waals surface area contributed by atoms with E-state index in [1.807, 2.05) is 24.9 Å². The highest BCUT2D eigenvalue weighted by atomic mass is 32.2. The van der Waals surface area contributed by atoms with Gasteiger partial charge in [-0.1, -0.05) is 26.7 Å². The van der Waals surface area contributed by atoms with E-state index in [1.54, 1.807) is 0 Å². The maximum absolute atomic E-state index is 13.2. The summed E-state index contributed by atoms with van der Waals surface area (Å²) in [6, 6.07) is 0.350. The van der Waals surface area contributed by atoms with E-state index in [4.69, 9.17) is 4.98 Å². The Kier molecular flexibility index (Phi) is 5.31. The molecular weight excluding hydrogens is 390 g/mol. The fourth-order valence-corrected chi connectivity index (χ4v) is 5.66. The number of carbonyl (C=O) groups is 1. The molecule has 1 amide bonds. The lowest BCUT2D eigenvalue weighted by atomic mass is 9.81. The van der Waals surface area contributed by atoms with Crippen molar-refractivity contribution in [2.24, 2.45) is 5.41 Å². The first kappa shape index (κ1) is 20.5. The van der Waals surface area contributed by atoms with Crippen LogP contribution in [0.1, 0.15) is 57.9 Å². The molecule has 3 aliphatic rings. The summed E-state index contributed by atoms with van der Waals surface area (Å²) in [5.74, 6) is 1.44. The number of rotatable bonds is 4. The SMILES string of the molecule is CC1(C)Cc2cnc(NC3CCN(S(C)(=O)=O)CC3)nc2N(C2CCCC2)C1=O. The van der Waals surface area contributed by atoms with Crippen molar-refractivity contribution in [2.75, 3.05) is 29.6 Å². The molecule has 160 valence electrons. The molecule has 0 aromatic carbocycles. The number of nitrogens with zero attached hydrogens (tertiary/aromatic N) is 4. The van der Waals surface area contributed by atoms with E-state index in [0.29, 0.717) is 38.3 Å². The monoisotopic (exact) mass is 421 g/mol. The van der Waals surface area contributed by atoms with Crippen LogP contribution in [-0.4, -0.2) is 60.0 Å². The number of hydrogen-bond acceptors (Lipinski definition) is 6. The molecule has 4 rings (SSSR count). The van der Waals surface area contributed by atoms with Gasteiger partial charge >= 0.3 is 0 Å². The summed E-state index contributed by atoms with van der Waals surface area (Å²) in [7, 11) is -3.14. The van der Waals surface area contributed by atoms with Crippen LogP contribution in [0.25, 0.3) is 0 Å². The van der Waals surface area contributed by atoms with Crippen LogP contribution in [0.2, 0.25) is 0 Å². The zero-order valence-electron chi connectivity index (χ0n) is 17.5. The minimum atomic E-state index is -3.14. The van der Waals surface area contributed by atoms with Crippen molar-refractivity contribution in [3.63, 3.8) is 0 Å². The predicted molar refractivity (Wildman–Crippen MR) is 112 cm³/mol. The van der Waals surface area contributed by atoms with Crippen molar-refractivity contribution in [1.29, 1.82) is 0 Å². The fraction of sp³-hybridized carbons (Fsp3) is 0.750. The van der Waals surface area contributed by atoms with Crippen molar-refractivity contribution < 1.29 is 13.2 Å². The quantitative estimate of drug-likeness (QED) is 0.801. The number of hydrogen-bond donors (Lipinski definition) is 1. The van der Waals surface area contributed by atoms with Crippen LogP contribution in [0.3, 0.4) is 0 Å².